The fraction of sp³-hybridized carbons (Fsp3) is 0.533. The molecule has 0 aliphatic carbocycles. The van der Waals surface area contributed by atoms with Crippen molar-refractivity contribution in [3.63, 3.8) is 0 Å². The highest BCUT2D eigenvalue weighted by molar-refractivity contribution is 14.0. The number of halogens is 7. The zero-order chi connectivity index (χ0) is 18.9. The maximum atomic E-state index is 12.1. The van der Waals surface area contributed by atoms with Crippen LogP contribution in [0.4, 0.5) is 26.3 Å². The second kappa shape index (κ2) is 11.5. The lowest BCUT2D eigenvalue weighted by Crippen LogP contribution is -2.38. The van der Waals surface area contributed by atoms with Crippen molar-refractivity contribution in [3.05, 3.63) is 35.4 Å². The van der Waals surface area contributed by atoms with Gasteiger partial charge in [-0.3, -0.25) is 4.99 Å². The third-order valence-corrected chi connectivity index (χ3v) is 2.91. The number of rotatable bonds is 7. The average Bonchev–Trinajstić information content (AvgIpc) is 2.48. The van der Waals surface area contributed by atoms with Crippen LogP contribution in [0.3, 0.4) is 0 Å². The topological polar surface area (TPSA) is 45.7 Å². The lowest BCUT2D eigenvalue weighted by molar-refractivity contribution is -0.176. The molecule has 0 bridgehead atoms. The molecule has 0 amide bonds. The standard InChI is InChI=1S/C15H19F6N3O.HI/c1-22-13(23-6-5-14(16,17)18)24-8-11-3-2-4-12(7-11)9-25-10-15(19,20)21;/h2-4,7H,5-6,8-10H2,1H3,(H2,22,23,24);1H. The minimum absolute atomic E-state index is 0. The molecule has 0 spiro atoms. The number of nitrogens with zero attached hydrogens (tertiary/aromatic N) is 1. The number of guanidine groups is 1. The fourth-order valence-corrected chi connectivity index (χ4v) is 1.84. The summed E-state index contributed by atoms with van der Waals surface area (Å²) >= 11 is 0. The Bertz CT molecular complexity index is 563. The van der Waals surface area contributed by atoms with Crippen molar-refractivity contribution in [2.75, 3.05) is 20.2 Å². The maximum absolute atomic E-state index is 12.1. The predicted molar refractivity (Wildman–Crippen MR) is 96.4 cm³/mol. The summed E-state index contributed by atoms with van der Waals surface area (Å²) < 4.78 is 77.0. The van der Waals surface area contributed by atoms with Crippen molar-refractivity contribution in [3.8, 4) is 0 Å². The van der Waals surface area contributed by atoms with Gasteiger partial charge in [-0.1, -0.05) is 24.3 Å². The van der Waals surface area contributed by atoms with Crippen LogP contribution in [0.1, 0.15) is 17.5 Å². The molecular formula is C15H20F6IN3O. The summed E-state index contributed by atoms with van der Waals surface area (Å²) in [6.45, 7) is -1.58. The van der Waals surface area contributed by atoms with E-state index in [1.165, 1.54) is 7.05 Å². The molecule has 1 aromatic carbocycles. The molecule has 1 rings (SSSR count). The molecule has 0 aliphatic heterocycles. The van der Waals surface area contributed by atoms with Crippen molar-refractivity contribution in [1.82, 2.24) is 10.6 Å². The van der Waals surface area contributed by atoms with Gasteiger partial charge in [0.1, 0.15) is 6.61 Å². The van der Waals surface area contributed by atoms with E-state index in [0.29, 0.717) is 5.56 Å². The molecule has 0 aliphatic rings. The van der Waals surface area contributed by atoms with Crippen LogP contribution in [-0.4, -0.2) is 38.5 Å². The van der Waals surface area contributed by atoms with Gasteiger partial charge in [-0.25, -0.2) is 0 Å². The van der Waals surface area contributed by atoms with E-state index in [9.17, 15) is 26.3 Å². The van der Waals surface area contributed by atoms with Crippen LogP contribution in [-0.2, 0) is 17.9 Å². The van der Waals surface area contributed by atoms with E-state index < -0.39 is 25.4 Å². The number of alkyl halides is 6. The monoisotopic (exact) mass is 499 g/mol. The summed E-state index contributed by atoms with van der Waals surface area (Å²) in [4.78, 5) is 3.80. The third kappa shape index (κ3) is 12.2. The van der Waals surface area contributed by atoms with Gasteiger partial charge in [0.05, 0.1) is 13.0 Å². The van der Waals surface area contributed by atoms with E-state index in [0.717, 1.165) is 5.56 Å². The van der Waals surface area contributed by atoms with E-state index in [1.54, 1.807) is 24.3 Å². The van der Waals surface area contributed by atoms with E-state index in [-0.39, 0.29) is 49.6 Å². The molecule has 4 nitrogen and oxygen atoms in total. The average molecular weight is 499 g/mol. The highest BCUT2D eigenvalue weighted by atomic mass is 127. The third-order valence-electron chi connectivity index (χ3n) is 2.91. The number of hydrogen-bond donors (Lipinski definition) is 2. The summed E-state index contributed by atoms with van der Waals surface area (Å²) in [5, 5.41) is 5.36. The van der Waals surface area contributed by atoms with Gasteiger partial charge in [0.2, 0.25) is 0 Å². The van der Waals surface area contributed by atoms with Gasteiger partial charge < -0.3 is 15.4 Å². The first-order valence-electron chi connectivity index (χ1n) is 7.32. The zero-order valence-electron chi connectivity index (χ0n) is 13.9. The molecule has 1 aromatic rings. The molecule has 0 fully saturated rings. The van der Waals surface area contributed by atoms with Crippen molar-refractivity contribution in [2.45, 2.75) is 31.9 Å². The Kier molecular flexibility index (Phi) is 10.9. The first-order chi connectivity index (χ1) is 11.6. The number of aliphatic imine (C=N–C) groups is 1. The van der Waals surface area contributed by atoms with Crippen molar-refractivity contribution in [1.29, 1.82) is 0 Å². The molecule has 0 aromatic heterocycles. The second-order valence-corrected chi connectivity index (χ2v) is 5.15. The smallest absolute Gasteiger partial charge is 0.367 e. The Balaban J connectivity index is 0.00000625. The first-order valence-corrected chi connectivity index (χ1v) is 7.32. The Morgan fingerprint density at radius 1 is 1.04 bits per heavy atom. The number of hydrogen-bond acceptors (Lipinski definition) is 2. The van der Waals surface area contributed by atoms with Crippen molar-refractivity contribution < 1.29 is 31.1 Å². The molecule has 26 heavy (non-hydrogen) atoms. The second-order valence-electron chi connectivity index (χ2n) is 5.15. The predicted octanol–water partition coefficient (Wildman–Crippen LogP) is 4.00. The Labute approximate surface area is 164 Å². The molecule has 0 heterocycles. The lowest BCUT2D eigenvalue weighted by atomic mass is 10.1. The Morgan fingerprint density at radius 3 is 2.27 bits per heavy atom. The highest BCUT2D eigenvalue weighted by Gasteiger charge is 2.27. The van der Waals surface area contributed by atoms with Crippen LogP contribution in [0.25, 0.3) is 0 Å². The van der Waals surface area contributed by atoms with Crippen LogP contribution in [0, 0.1) is 0 Å². The fourth-order valence-electron chi connectivity index (χ4n) is 1.84. The van der Waals surface area contributed by atoms with E-state index in [2.05, 4.69) is 20.4 Å². The van der Waals surface area contributed by atoms with Gasteiger partial charge in [0.25, 0.3) is 0 Å². The maximum Gasteiger partial charge on any atom is 0.411 e. The zero-order valence-corrected chi connectivity index (χ0v) is 16.2. The Hall–Kier alpha value is -1.24. The SMILES string of the molecule is CN=C(NCCC(F)(F)F)NCc1cccc(COCC(F)(F)F)c1.I. The van der Waals surface area contributed by atoms with Crippen molar-refractivity contribution >= 4 is 29.9 Å². The summed E-state index contributed by atoms with van der Waals surface area (Å²) in [7, 11) is 1.42. The molecule has 0 unspecified atom stereocenters. The van der Waals surface area contributed by atoms with Crippen LogP contribution in [0.2, 0.25) is 0 Å². The van der Waals surface area contributed by atoms with Gasteiger partial charge in [-0.15, -0.1) is 24.0 Å². The molecule has 11 heteroatoms. The molecule has 150 valence electrons. The molecule has 0 radical (unpaired) electrons. The van der Waals surface area contributed by atoms with Crippen molar-refractivity contribution in [2.24, 2.45) is 4.99 Å². The number of nitrogens with one attached hydrogen (secondary N) is 2. The van der Waals surface area contributed by atoms with Crippen LogP contribution < -0.4 is 10.6 Å². The van der Waals surface area contributed by atoms with E-state index in [4.69, 9.17) is 0 Å². The molecule has 0 saturated carbocycles. The van der Waals surface area contributed by atoms with Crippen LogP contribution in [0.15, 0.2) is 29.3 Å². The largest absolute Gasteiger partial charge is 0.411 e. The Morgan fingerprint density at radius 2 is 1.69 bits per heavy atom. The first kappa shape index (κ1) is 24.8. The summed E-state index contributed by atoms with van der Waals surface area (Å²) in [5.41, 5.74) is 1.29. The van der Waals surface area contributed by atoms with Gasteiger partial charge in [-0.05, 0) is 11.1 Å². The molecule has 2 N–H and O–H groups in total. The minimum atomic E-state index is -4.38. The van der Waals surface area contributed by atoms with E-state index in [1.807, 2.05) is 0 Å². The number of ether oxygens (including phenoxy) is 1. The summed E-state index contributed by atoms with van der Waals surface area (Å²) in [6.07, 6.45) is -9.62. The van der Waals surface area contributed by atoms with Gasteiger partial charge >= 0.3 is 12.4 Å². The van der Waals surface area contributed by atoms with Gasteiger partial charge in [-0.2, -0.15) is 26.3 Å². The van der Waals surface area contributed by atoms with Crippen LogP contribution >= 0.6 is 24.0 Å². The quantitative estimate of drug-likeness (QED) is 0.258. The summed E-state index contributed by atoms with van der Waals surface area (Å²) in [5.74, 6) is 0.197. The lowest BCUT2D eigenvalue weighted by Gasteiger charge is -2.13. The number of benzene rings is 1. The molecule has 0 saturated heterocycles. The van der Waals surface area contributed by atoms with Gasteiger partial charge in [0, 0.05) is 20.1 Å². The molecule has 0 atom stereocenters. The highest BCUT2D eigenvalue weighted by Crippen LogP contribution is 2.18. The minimum Gasteiger partial charge on any atom is -0.367 e. The van der Waals surface area contributed by atoms with Crippen LogP contribution in [0.5, 0.6) is 0 Å². The van der Waals surface area contributed by atoms with Gasteiger partial charge in [0.15, 0.2) is 5.96 Å². The summed E-state index contributed by atoms with van der Waals surface area (Å²) in [6, 6.07) is 6.65. The normalized spacial score (nSPS) is 12.5. The molecular weight excluding hydrogens is 479 g/mol. The van der Waals surface area contributed by atoms with E-state index >= 15 is 0 Å².